The summed E-state index contributed by atoms with van der Waals surface area (Å²) in [6.07, 6.45) is 3.69. The second-order valence-corrected chi connectivity index (χ2v) is 7.58. The molecule has 0 saturated carbocycles. The molecule has 7 heteroatoms. The molecule has 23 heavy (non-hydrogen) atoms. The van der Waals surface area contributed by atoms with Gasteiger partial charge in [-0.1, -0.05) is 12.1 Å². The summed E-state index contributed by atoms with van der Waals surface area (Å²) < 4.78 is 0. The highest BCUT2D eigenvalue weighted by atomic mass is 32.1. The van der Waals surface area contributed by atoms with Gasteiger partial charge in [-0.05, 0) is 22.9 Å². The summed E-state index contributed by atoms with van der Waals surface area (Å²) in [5.74, 6) is 0.629. The Balaban J connectivity index is 1.69. The third-order valence-electron chi connectivity index (χ3n) is 3.21. The van der Waals surface area contributed by atoms with Crippen molar-refractivity contribution in [3.05, 3.63) is 57.7 Å². The summed E-state index contributed by atoms with van der Waals surface area (Å²) in [5.41, 5.74) is 1.91. The van der Waals surface area contributed by atoms with Crippen molar-refractivity contribution in [1.82, 2.24) is 15.0 Å². The third kappa shape index (κ3) is 3.17. The van der Waals surface area contributed by atoms with Crippen LogP contribution in [0.4, 0.5) is 5.95 Å². The highest BCUT2D eigenvalue weighted by molar-refractivity contribution is 7.14. The minimum atomic E-state index is 0.629. The molecule has 4 rings (SSSR count). The van der Waals surface area contributed by atoms with Crippen LogP contribution in [0.5, 0.6) is 0 Å². The molecule has 0 aliphatic carbocycles. The lowest BCUT2D eigenvalue weighted by molar-refractivity contribution is 1.07. The van der Waals surface area contributed by atoms with Crippen molar-refractivity contribution in [1.29, 1.82) is 0 Å². The van der Waals surface area contributed by atoms with Crippen molar-refractivity contribution in [2.45, 2.75) is 6.54 Å². The lowest BCUT2D eigenvalue weighted by Crippen LogP contribution is -2.03. The Hall–Kier alpha value is -2.09. The zero-order valence-corrected chi connectivity index (χ0v) is 14.4. The van der Waals surface area contributed by atoms with Crippen molar-refractivity contribution in [3.63, 3.8) is 0 Å². The van der Waals surface area contributed by atoms with E-state index in [-0.39, 0.29) is 0 Å². The Labute approximate surface area is 145 Å². The van der Waals surface area contributed by atoms with Gasteiger partial charge in [-0.25, -0.2) is 15.0 Å². The van der Waals surface area contributed by atoms with E-state index in [0.29, 0.717) is 5.95 Å². The predicted octanol–water partition coefficient (Wildman–Crippen LogP) is 5.00. The Kier molecular flexibility index (Phi) is 4.14. The molecule has 0 aliphatic heterocycles. The van der Waals surface area contributed by atoms with Crippen LogP contribution in [0.25, 0.3) is 21.1 Å². The van der Waals surface area contributed by atoms with Gasteiger partial charge in [-0.15, -0.1) is 34.0 Å². The van der Waals surface area contributed by atoms with Gasteiger partial charge >= 0.3 is 0 Å². The van der Waals surface area contributed by atoms with Gasteiger partial charge in [-0.2, -0.15) is 0 Å². The lowest BCUT2D eigenvalue weighted by atomic mass is 10.2. The number of aromatic nitrogens is 3. The number of rotatable bonds is 5. The number of hydrogen-bond donors (Lipinski definition) is 1. The van der Waals surface area contributed by atoms with Crippen LogP contribution in [0, 0.1) is 0 Å². The fraction of sp³-hybridized carbons (Fsp3) is 0.0625. The van der Waals surface area contributed by atoms with Gasteiger partial charge in [0, 0.05) is 33.1 Å². The van der Waals surface area contributed by atoms with Crippen molar-refractivity contribution >= 4 is 40.0 Å². The summed E-state index contributed by atoms with van der Waals surface area (Å²) >= 11 is 4.99. The van der Waals surface area contributed by atoms with E-state index in [2.05, 4.69) is 38.2 Å². The molecule has 0 aromatic carbocycles. The van der Waals surface area contributed by atoms with Crippen LogP contribution >= 0.6 is 34.0 Å². The van der Waals surface area contributed by atoms with Gasteiger partial charge in [0.2, 0.25) is 5.95 Å². The molecular formula is C16H12N4S3. The lowest BCUT2D eigenvalue weighted by Gasteiger charge is -2.08. The first-order valence-electron chi connectivity index (χ1n) is 6.97. The van der Waals surface area contributed by atoms with E-state index < -0.39 is 0 Å². The van der Waals surface area contributed by atoms with E-state index in [4.69, 9.17) is 4.98 Å². The third-order valence-corrected chi connectivity index (χ3v) is 5.77. The highest BCUT2D eigenvalue weighted by Crippen LogP contribution is 2.34. The van der Waals surface area contributed by atoms with Crippen LogP contribution in [0.15, 0.2) is 52.8 Å². The second-order valence-electron chi connectivity index (χ2n) is 4.70. The van der Waals surface area contributed by atoms with Crippen LogP contribution in [0.3, 0.4) is 0 Å². The fourth-order valence-corrected chi connectivity index (χ4v) is 4.18. The number of anilines is 1. The van der Waals surface area contributed by atoms with E-state index in [1.54, 1.807) is 40.2 Å². The molecule has 0 spiro atoms. The van der Waals surface area contributed by atoms with E-state index in [0.717, 1.165) is 27.7 Å². The Bertz CT molecular complexity index is 868. The zero-order chi connectivity index (χ0) is 15.5. The first kappa shape index (κ1) is 14.5. The van der Waals surface area contributed by atoms with Crippen LogP contribution in [-0.2, 0) is 6.54 Å². The number of thiophene rings is 2. The molecule has 0 amide bonds. The maximum atomic E-state index is 4.71. The Morgan fingerprint density at radius 2 is 1.87 bits per heavy atom. The van der Waals surface area contributed by atoms with Crippen molar-refractivity contribution in [3.8, 4) is 21.1 Å². The van der Waals surface area contributed by atoms with Gasteiger partial charge in [0.05, 0.1) is 6.54 Å². The maximum absolute atomic E-state index is 4.71. The summed E-state index contributed by atoms with van der Waals surface area (Å²) in [6, 6.07) is 8.26. The Morgan fingerprint density at radius 1 is 0.957 bits per heavy atom. The maximum Gasteiger partial charge on any atom is 0.223 e. The largest absolute Gasteiger partial charge is 0.349 e. The summed E-state index contributed by atoms with van der Waals surface area (Å²) in [6.45, 7) is 0.729. The van der Waals surface area contributed by atoms with Crippen LogP contribution < -0.4 is 5.32 Å². The summed E-state index contributed by atoms with van der Waals surface area (Å²) in [7, 11) is 0. The summed E-state index contributed by atoms with van der Waals surface area (Å²) in [4.78, 5) is 16.0. The van der Waals surface area contributed by atoms with Gasteiger partial charge in [0.15, 0.2) is 0 Å². The minimum Gasteiger partial charge on any atom is -0.349 e. The highest BCUT2D eigenvalue weighted by Gasteiger charge is 2.14. The predicted molar refractivity (Wildman–Crippen MR) is 98.1 cm³/mol. The Morgan fingerprint density at radius 3 is 2.61 bits per heavy atom. The average molecular weight is 357 g/mol. The van der Waals surface area contributed by atoms with Crippen LogP contribution in [0.1, 0.15) is 4.88 Å². The van der Waals surface area contributed by atoms with Crippen LogP contribution in [-0.4, -0.2) is 15.0 Å². The van der Waals surface area contributed by atoms with Gasteiger partial charge in [0.25, 0.3) is 0 Å². The molecule has 0 unspecified atom stereocenters. The molecule has 0 bridgehead atoms. The van der Waals surface area contributed by atoms with Gasteiger partial charge in [-0.3, -0.25) is 0 Å². The molecule has 0 atom stereocenters. The molecule has 0 aliphatic rings. The van der Waals surface area contributed by atoms with Crippen molar-refractivity contribution < 1.29 is 0 Å². The molecule has 4 aromatic rings. The number of hydrogen-bond acceptors (Lipinski definition) is 7. The minimum absolute atomic E-state index is 0.629. The van der Waals surface area contributed by atoms with E-state index >= 15 is 0 Å². The van der Waals surface area contributed by atoms with Gasteiger partial charge in [0.1, 0.15) is 10.7 Å². The molecule has 0 saturated heterocycles. The zero-order valence-electron chi connectivity index (χ0n) is 12.0. The molecular weight excluding hydrogens is 344 g/mol. The SMILES string of the molecule is c1csc(CNc2ncc(-c3cccs3)c(-c3nccs3)n2)c1. The molecule has 4 heterocycles. The average Bonchev–Trinajstić information content (AvgIpc) is 3.36. The van der Waals surface area contributed by atoms with E-state index in [1.807, 2.05) is 23.7 Å². The second kappa shape index (κ2) is 6.57. The van der Waals surface area contributed by atoms with Crippen molar-refractivity contribution in [2.24, 2.45) is 0 Å². The first-order valence-corrected chi connectivity index (χ1v) is 9.61. The molecule has 114 valence electrons. The number of thiazole rings is 1. The van der Waals surface area contributed by atoms with E-state index in [1.165, 1.54) is 4.88 Å². The van der Waals surface area contributed by atoms with Crippen LogP contribution in [0.2, 0.25) is 0 Å². The quantitative estimate of drug-likeness (QED) is 0.546. The van der Waals surface area contributed by atoms with Gasteiger partial charge < -0.3 is 5.32 Å². The normalized spacial score (nSPS) is 10.8. The topological polar surface area (TPSA) is 50.7 Å². The molecule has 4 aromatic heterocycles. The summed E-state index contributed by atoms with van der Waals surface area (Å²) in [5, 5.41) is 10.3. The van der Waals surface area contributed by atoms with E-state index in [9.17, 15) is 0 Å². The molecule has 4 nitrogen and oxygen atoms in total. The monoisotopic (exact) mass is 356 g/mol. The van der Waals surface area contributed by atoms with Crippen molar-refractivity contribution in [2.75, 3.05) is 5.32 Å². The standard InChI is InChI=1S/C16H12N4S3/c1-3-11(21-6-1)9-18-16-19-10-12(13-4-2-7-22-13)14(20-16)15-17-5-8-23-15/h1-8,10H,9H2,(H,18,19,20). The molecule has 1 N–H and O–H groups in total. The molecule has 0 fully saturated rings. The fourth-order valence-electron chi connectivity index (χ4n) is 2.16. The number of nitrogens with zero attached hydrogens (tertiary/aromatic N) is 3. The smallest absolute Gasteiger partial charge is 0.223 e. The molecule has 0 radical (unpaired) electrons. The first-order chi connectivity index (χ1) is 11.4. The number of nitrogens with one attached hydrogen (secondary N) is 1.